The highest BCUT2D eigenvalue weighted by atomic mass is 28.2. The molecule has 0 aromatic carbocycles. The summed E-state index contributed by atoms with van der Waals surface area (Å²) in [7, 11) is -1.14. The van der Waals surface area contributed by atoms with Crippen molar-refractivity contribution < 1.29 is 9.22 Å². The standard InChI is InChI=1S/C4H12O2Si/c1-3-4(2)6-7-5/h4-5H,3,7H2,1-2H3. The Morgan fingerprint density at radius 3 is 2.57 bits per heavy atom. The van der Waals surface area contributed by atoms with E-state index < -0.39 is 10.0 Å². The third-order valence-electron chi connectivity index (χ3n) is 0.934. The van der Waals surface area contributed by atoms with Crippen LogP contribution in [-0.2, 0) is 4.43 Å². The van der Waals surface area contributed by atoms with Crippen LogP contribution < -0.4 is 0 Å². The summed E-state index contributed by atoms with van der Waals surface area (Å²) in [6, 6.07) is 0. The molecule has 0 aliphatic rings. The highest BCUT2D eigenvalue weighted by molar-refractivity contribution is 6.15. The third kappa shape index (κ3) is 3.98. The first kappa shape index (κ1) is 7.14. The van der Waals surface area contributed by atoms with E-state index in [0.717, 1.165) is 6.42 Å². The molecule has 0 saturated heterocycles. The molecule has 0 amide bonds. The van der Waals surface area contributed by atoms with Crippen molar-refractivity contribution in [3.8, 4) is 0 Å². The zero-order chi connectivity index (χ0) is 5.70. The van der Waals surface area contributed by atoms with Gasteiger partial charge in [-0.1, -0.05) is 6.92 Å². The Kier molecular flexibility index (Phi) is 4.38. The molecule has 0 fully saturated rings. The van der Waals surface area contributed by atoms with Gasteiger partial charge < -0.3 is 9.22 Å². The van der Waals surface area contributed by atoms with Crippen LogP contribution in [-0.4, -0.2) is 20.9 Å². The average Bonchev–Trinajstić information content (AvgIpc) is 1.68. The Hall–Kier alpha value is 0.137. The average molecular weight is 120 g/mol. The predicted molar refractivity (Wildman–Crippen MR) is 31.6 cm³/mol. The minimum atomic E-state index is -1.14. The summed E-state index contributed by atoms with van der Waals surface area (Å²) in [6.07, 6.45) is 1.25. The van der Waals surface area contributed by atoms with E-state index in [4.69, 9.17) is 9.22 Å². The van der Waals surface area contributed by atoms with E-state index in [-0.39, 0.29) is 6.10 Å². The predicted octanol–water partition coefficient (Wildman–Crippen LogP) is -0.207. The van der Waals surface area contributed by atoms with E-state index in [0.29, 0.717) is 0 Å². The van der Waals surface area contributed by atoms with Gasteiger partial charge in [0.25, 0.3) is 0 Å². The Bertz CT molecular complexity index is 40.7. The Balaban J connectivity index is 2.83. The van der Waals surface area contributed by atoms with E-state index in [2.05, 4.69) is 0 Å². The van der Waals surface area contributed by atoms with Gasteiger partial charge in [-0.05, 0) is 13.3 Å². The second kappa shape index (κ2) is 4.30. The quantitative estimate of drug-likeness (QED) is 0.522. The van der Waals surface area contributed by atoms with Gasteiger partial charge in [0.05, 0.1) is 0 Å². The summed E-state index contributed by atoms with van der Waals surface area (Å²) < 4.78 is 4.89. The Morgan fingerprint density at radius 2 is 2.43 bits per heavy atom. The lowest BCUT2D eigenvalue weighted by molar-refractivity contribution is 0.197. The monoisotopic (exact) mass is 120 g/mol. The molecule has 3 heteroatoms. The summed E-state index contributed by atoms with van der Waals surface area (Å²) in [5, 5.41) is 0. The van der Waals surface area contributed by atoms with E-state index in [1.54, 1.807) is 0 Å². The van der Waals surface area contributed by atoms with Crippen molar-refractivity contribution in [1.29, 1.82) is 0 Å². The van der Waals surface area contributed by atoms with E-state index in [1.165, 1.54) is 0 Å². The lowest BCUT2D eigenvalue weighted by Crippen LogP contribution is -2.09. The summed E-state index contributed by atoms with van der Waals surface area (Å²) in [4.78, 5) is 8.28. The molecule has 1 N–H and O–H groups in total. The van der Waals surface area contributed by atoms with Crippen molar-refractivity contribution in [3.05, 3.63) is 0 Å². The summed E-state index contributed by atoms with van der Waals surface area (Å²) in [5.74, 6) is 0. The molecule has 0 aromatic heterocycles. The lowest BCUT2D eigenvalue weighted by atomic mass is 10.3. The topological polar surface area (TPSA) is 29.5 Å². The Labute approximate surface area is 46.6 Å². The molecular formula is C4H12O2Si. The zero-order valence-corrected chi connectivity index (χ0v) is 6.26. The zero-order valence-electron chi connectivity index (χ0n) is 4.85. The van der Waals surface area contributed by atoms with Crippen LogP contribution in [0, 0.1) is 0 Å². The van der Waals surface area contributed by atoms with Crippen LogP contribution in [0.25, 0.3) is 0 Å². The highest BCUT2D eigenvalue weighted by Crippen LogP contribution is 1.91. The van der Waals surface area contributed by atoms with Crippen LogP contribution in [0.3, 0.4) is 0 Å². The first-order chi connectivity index (χ1) is 3.31. The molecule has 1 atom stereocenters. The summed E-state index contributed by atoms with van der Waals surface area (Å²) in [6.45, 7) is 4.00. The van der Waals surface area contributed by atoms with Gasteiger partial charge in [0.1, 0.15) is 0 Å². The van der Waals surface area contributed by atoms with Crippen molar-refractivity contribution in [3.63, 3.8) is 0 Å². The molecule has 0 saturated carbocycles. The van der Waals surface area contributed by atoms with Crippen molar-refractivity contribution in [2.75, 3.05) is 0 Å². The fraction of sp³-hybridized carbons (Fsp3) is 1.00. The minimum Gasteiger partial charge on any atom is -0.415 e. The molecular weight excluding hydrogens is 108 g/mol. The maximum absolute atomic E-state index is 8.28. The first-order valence-electron chi connectivity index (χ1n) is 2.53. The highest BCUT2D eigenvalue weighted by Gasteiger charge is 1.92. The fourth-order valence-corrected chi connectivity index (χ4v) is 0.735. The number of hydrogen-bond donors (Lipinski definition) is 1. The van der Waals surface area contributed by atoms with Gasteiger partial charge in [-0.15, -0.1) is 0 Å². The van der Waals surface area contributed by atoms with Gasteiger partial charge in [-0.3, -0.25) is 0 Å². The lowest BCUT2D eigenvalue weighted by Gasteiger charge is -2.05. The van der Waals surface area contributed by atoms with Gasteiger partial charge in [0.15, 0.2) is 0 Å². The molecule has 0 bridgehead atoms. The van der Waals surface area contributed by atoms with Gasteiger partial charge >= 0.3 is 10.0 Å². The SMILES string of the molecule is CCC(C)O[SiH2]O. The van der Waals surface area contributed by atoms with Crippen LogP contribution in [0.5, 0.6) is 0 Å². The molecule has 0 spiro atoms. The van der Waals surface area contributed by atoms with E-state index >= 15 is 0 Å². The molecule has 7 heavy (non-hydrogen) atoms. The van der Waals surface area contributed by atoms with Crippen molar-refractivity contribution in [1.82, 2.24) is 0 Å². The molecule has 2 nitrogen and oxygen atoms in total. The molecule has 0 aliphatic heterocycles. The van der Waals surface area contributed by atoms with Crippen LogP contribution in [0.2, 0.25) is 0 Å². The van der Waals surface area contributed by atoms with Crippen LogP contribution in [0.15, 0.2) is 0 Å². The van der Waals surface area contributed by atoms with Gasteiger partial charge in [0, 0.05) is 6.10 Å². The second-order valence-electron chi connectivity index (χ2n) is 1.51. The smallest absolute Gasteiger partial charge is 0.302 e. The van der Waals surface area contributed by atoms with E-state index in [1.807, 2.05) is 13.8 Å². The molecule has 1 unspecified atom stereocenters. The third-order valence-corrected chi connectivity index (χ3v) is 1.65. The summed E-state index contributed by atoms with van der Waals surface area (Å²) >= 11 is 0. The molecule has 44 valence electrons. The fourth-order valence-electron chi connectivity index (χ4n) is 0.245. The maximum Gasteiger partial charge on any atom is 0.302 e. The van der Waals surface area contributed by atoms with Crippen LogP contribution >= 0.6 is 0 Å². The van der Waals surface area contributed by atoms with Crippen molar-refractivity contribution in [2.24, 2.45) is 0 Å². The minimum absolute atomic E-state index is 0.261. The largest absolute Gasteiger partial charge is 0.415 e. The van der Waals surface area contributed by atoms with Crippen LogP contribution in [0.1, 0.15) is 20.3 Å². The van der Waals surface area contributed by atoms with Crippen molar-refractivity contribution >= 4 is 10.0 Å². The van der Waals surface area contributed by atoms with Gasteiger partial charge in [-0.25, -0.2) is 0 Å². The first-order valence-corrected chi connectivity index (χ1v) is 3.74. The number of hydrogen-bond acceptors (Lipinski definition) is 2. The normalized spacial score (nSPS) is 15.9. The van der Waals surface area contributed by atoms with Gasteiger partial charge in [-0.2, -0.15) is 0 Å². The molecule has 0 aliphatic carbocycles. The maximum atomic E-state index is 8.28. The Morgan fingerprint density at radius 1 is 1.86 bits per heavy atom. The van der Waals surface area contributed by atoms with Crippen LogP contribution in [0.4, 0.5) is 0 Å². The molecule has 0 heterocycles. The molecule has 0 rings (SSSR count). The van der Waals surface area contributed by atoms with E-state index in [9.17, 15) is 0 Å². The second-order valence-corrected chi connectivity index (χ2v) is 2.11. The number of rotatable bonds is 3. The summed E-state index contributed by atoms with van der Waals surface area (Å²) in [5.41, 5.74) is 0. The van der Waals surface area contributed by atoms with Crippen molar-refractivity contribution in [2.45, 2.75) is 26.4 Å². The molecule has 0 aromatic rings. The molecule has 0 radical (unpaired) electrons. The van der Waals surface area contributed by atoms with Gasteiger partial charge in [0.2, 0.25) is 0 Å².